The van der Waals surface area contributed by atoms with Crippen molar-refractivity contribution < 1.29 is 4.74 Å². The summed E-state index contributed by atoms with van der Waals surface area (Å²) in [5, 5.41) is 4.28. The Labute approximate surface area is 132 Å². The predicted molar refractivity (Wildman–Crippen MR) is 88.8 cm³/mol. The van der Waals surface area contributed by atoms with E-state index < -0.39 is 0 Å². The van der Waals surface area contributed by atoms with Crippen molar-refractivity contribution in [3.8, 4) is 5.75 Å². The molecule has 0 aliphatic carbocycles. The van der Waals surface area contributed by atoms with Gasteiger partial charge in [0.15, 0.2) is 5.75 Å². The molecule has 1 aromatic rings. The van der Waals surface area contributed by atoms with Gasteiger partial charge in [0.05, 0.1) is 17.3 Å². The van der Waals surface area contributed by atoms with Crippen molar-refractivity contribution in [2.75, 3.05) is 23.9 Å². The first-order valence-electron chi connectivity index (χ1n) is 6.28. The monoisotopic (exact) mass is 363 g/mol. The van der Waals surface area contributed by atoms with Crippen molar-refractivity contribution in [3.05, 3.63) is 21.6 Å². The van der Waals surface area contributed by atoms with E-state index in [9.17, 15) is 0 Å². The number of hydrogen-bond acceptors (Lipinski definition) is 3. The maximum atomic E-state index is 6.12. The smallest absolute Gasteiger partial charge is 0.156 e. The Morgan fingerprint density at radius 3 is 2.84 bits per heavy atom. The zero-order chi connectivity index (χ0) is 14.0. The van der Waals surface area contributed by atoms with Crippen LogP contribution in [0.1, 0.15) is 20.3 Å². The Morgan fingerprint density at radius 2 is 2.21 bits per heavy atom. The van der Waals surface area contributed by atoms with Gasteiger partial charge in [-0.3, -0.25) is 0 Å². The molecule has 106 valence electrons. The highest BCUT2D eigenvalue weighted by molar-refractivity contribution is 9.10. The third kappa shape index (κ3) is 3.96. The summed E-state index contributed by atoms with van der Waals surface area (Å²) in [6.07, 6.45) is 1.16. The van der Waals surface area contributed by atoms with Gasteiger partial charge in [0, 0.05) is 16.8 Å². The number of hydrogen-bond donors (Lipinski definition) is 1. The Hall–Kier alpha value is -0.0600. The standard InChI is InChI=1S/C14H19BrClNOS/c1-14(2)6-10(7-19-8-14)17-12-5-9(16)4-11(15)13(12)18-3/h4-5,10,17H,6-8H2,1-3H3. The minimum atomic E-state index is 0.379. The number of anilines is 1. The lowest BCUT2D eigenvalue weighted by Crippen LogP contribution is -2.35. The van der Waals surface area contributed by atoms with Crippen LogP contribution in [0.25, 0.3) is 0 Å². The Balaban J connectivity index is 2.18. The maximum absolute atomic E-state index is 6.12. The number of thioether (sulfide) groups is 1. The zero-order valence-electron chi connectivity index (χ0n) is 11.4. The van der Waals surface area contributed by atoms with Crippen LogP contribution in [0.4, 0.5) is 5.69 Å². The topological polar surface area (TPSA) is 21.3 Å². The van der Waals surface area contributed by atoms with Crippen molar-refractivity contribution in [2.24, 2.45) is 5.41 Å². The van der Waals surface area contributed by atoms with Crippen LogP contribution in [0.5, 0.6) is 5.75 Å². The molecule has 5 heteroatoms. The molecule has 1 saturated heterocycles. The SMILES string of the molecule is COc1c(Br)cc(Cl)cc1NC1CSCC(C)(C)C1. The van der Waals surface area contributed by atoms with Gasteiger partial charge in [0.1, 0.15) is 0 Å². The molecule has 0 spiro atoms. The van der Waals surface area contributed by atoms with E-state index in [1.54, 1.807) is 7.11 Å². The fourth-order valence-corrected chi connectivity index (χ4v) is 4.70. The summed E-state index contributed by atoms with van der Waals surface area (Å²) >= 11 is 11.6. The number of rotatable bonds is 3. The molecule has 1 unspecified atom stereocenters. The van der Waals surface area contributed by atoms with Crippen molar-refractivity contribution in [3.63, 3.8) is 0 Å². The van der Waals surface area contributed by atoms with Gasteiger partial charge in [0.2, 0.25) is 0 Å². The van der Waals surface area contributed by atoms with Gasteiger partial charge in [-0.15, -0.1) is 0 Å². The summed E-state index contributed by atoms with van der Waals surface area (Å²) in [5.41, 5.74) is 1.34. The third-order valence-electron chi connectivity index (χ3n) is 3.18. The largest absolute Gasteiger partial charge is 0.493 e. The second-order valence-electron chi connectivity index (χ2n) is 5.69. The molecule has 1 heterocycles. The molecule has 0 radical (unpaired) electrons. The molecule has 1 aromatic carbocycles. The van der Waals surface area contributed by atoms with E-state index in [-0.39, 0.29) is 0 Å². The summed E-state index contributed by atoms with van der Waals surface area (Å²) in [7, 11) is 1.68. The second-order valence-corrected chi connectivity index (χ2v) is 8.01. The van der Waals surface area contributed by atoms with Gasteiger partial charge >= 0.3 is 0 Å². The molecule has 1 fully saturated rings. The van der Waals surface area contributed by atoms with Gasteiger partial charge in [-0.2, -0.15) is 11.8 Å². The van der Waals surface area contributed by atoms with E-state index in [2.05, 4.69) is 35.1 Å². The average Bonchev–Trinajstić information content (AvgIpc) is 2.26. The van der Waals surface area contributed by atoms with Crippen LogP contribution in [0.2, 0.25) is 5.02 Å². The maximum Gasteiger partial charge on any atom is 0.156 e. The molecule has 19 heavy (non-hydrogen) atoms. The molecule has 1 aliphatic rings. The Bertz CT molecular complexity index is 467. The first-order valence-corrected chi connectivity index (χ1v) is 8.61. The Kier molecular flexibility index (Phi) is 4.96. The summed E-state index contributed by atoms with van der Waals surface area (Å²) < 4.78 is 6.33. The summed E-state index contributed by atoms with van der Waals surface area (Å²) in [6, 6.07) is 4.23. The normalized spacial score (nSPS) is 22.1. The fraction of sp³-hybridized carbons (Fsp3) is 0.571. The van der Waals surface area contributed by atoms with Crippen molar-refractivity contribution >= 4 is 45.0 Å². The quantitative estimate of drug-likeness (QED) is 0.810. The second kappa shape index (κ2) is 6.15. The lowest BCUT2D eigenvalue weighted by atomic mass is 9.88. The van der Waals surface area contributed by atoms with Gasteiger partial charge in [-0.1, -0.05) is 25.4 Å². The molecule has 1 atom stereocenters. The van der Waals surface area contributed by atoms with E-state index in [0.717, 1.165) is 28.1 Å². The Morgan fingerprint density at radius 1 is 1.47 bits per heavy atom. The van der Waals surface area contributed by atoms with Gasteiger partial charge < -0.3 is 10.1 Å². The van der Waals surface area contributed by atoms with Crippen molar-refractivity contribution in [2.45, 2.75) is 26.3 Å². The van der Waals surface area contributed by atoms with Crippen LogP contribution in [0.3, 0.4) is 0 Å². The van der Waals surface area contributed by atoms with Crippen LogP contribution >= 0.6 is 39.3 Å². The molecule has 1 N–H and O–H groups in total. The van der Waals surface area contributed by atoms with Crippen LogP contribution in [-0.2, 0) is 0 Å². The summed E-state index contributed by atoms with van der Waals surface area (Å²) in [4.78, 5) is 0. The predicted octanol–water partition coefficient (Wildman–Crippen LogP) is 5.05. The van der Waals surface area contributed by atoms with Crippen LogP contribution in [0.15, 0.2) is 16.6 Å². The van der Waals surface area contributed by atoms with E-state index in [4.69, 9.17) is 16.3 Å². The zero-order valence-corrected chi connectivity index (χ0v) is 14.6. The lowest BCUT2D eigenvalue weighted by Gasteiger charge is -2.35. The molecule has 0 aromatic heterocycles. The van der Waals surface area contributed by atoms with Crippen LogP contribution in [-0.4, -0.2) is 24.7 Å². The molecule has 0 amide bonds. The number of methoxy groups -OCH3 is 1. The molecule has 2 rings (SSSR count). The number of halogens is 2. The summed E-state index contributed by atoms with van der Waals surface area (Å²) in [5.74, 6) is 3.16. The molecule has 1 aliphatic heterocycles. The highest BCUT2D eigenvalue weighted by Crippen LogP contribution is 2.39. The number of ether oxygens (including phenoxy) is 1. The minimum absolute atomic E-state index is 0.379. The van der Waals surface area contributed by atoms with E-state index in [1.807, 2.05) is 23.9 Å². The van der Waals surface area contributed by atoms with Crippen LogP contribution < -0.4 is 10.1 Å². The van der Waals surface area contributed by atoms with E-state index in [0.29, 0.717) is 16.5 Å². The first kappa shape index (κ1) is 15.3. The number of benzene rings is 1. The lowest BCUT2D eigenvalue weighted by molar-refractivity contribution is 0.357. The van der Waals surface area contributed by atoms with Gasteiger partial charge in [0.25, 0.3) is 0 Å². The number of nitrogens with one attached hydrogen (secondary N) is 1. The highest BCUT2D eigenvalue weighted by atomic mass is 79.9. The van der Waals surface area contributed by atoms with E-state index in [1.165, 1.54) is 5.75 Å². The third-order valence-corrected chi connectivity index (χ3v) is 5.61. The molecule has 0 saturated carbocycles. The minimum Gasteiger partial charge on any atom is -0.493 e. The van der Waals surface area contributed by atoms with Crippen molar-refractivity contribution in [1.29, 1.82) is 0 Å². The van der Waals surface area contributed by atoms with Gasteiger partial charge in [-0.05, 0) is 45.7 Å². The highest BCUT2D eigenvalue weighted by Gasteiger charge is 2.29. The van der Waals surface area contributed by atoms with E-state index >= 15 is 0 Å². The van der Waals surface area contributed by atoms with Gasteiger partial charge in [-0.25, -0.2) is 0 Å². The van der Waals surface area contributed by atoms with Crippen molar-refractivity contribution in [1.82, 2.24) is 0 Å². The molecular formula is C14H19BrClNOS. The fourth-order valence-electron chi connectivity index (χ4n) is 2.45. The molecule has 0 bridgehead atoms. The summed E-state index contributed by atoms with van der Waals surface area (Å²) in [6.45, 7) is 4.64. The molecule has 2 nitrogen and oxygen atoms in total. The first-order chi connectivity index (χ1) is 8.91. The molecular weight excluding hydrogens is 346 g/mol. The average molecular weight is 365 g/mol. The van der Waals surface area contributed by atoms with Crippen LogP contribution in [0, 0.1) is 5.41 Å².